The Labute approximate surface area is 184 Å². The van der Waals surface area contributed by atoms with Crippen molar-refractivity contribution >= 4 is 21.6 Å². The smallest absolute Gasteiger partial charge is 0.255 e. The predicted octanol–water partition coefficient (Wildman–Crippen LogP) is 5.27. The van der Waals surface area contributed by atoms with E-state index in [1.54, 1.807) is 54.6 Å². The maximum atomic E-state index is 12.9. The van der Waals surface area contributed by atoms with Gasteiger partial charge >= 0.3 is 0 Å². The Bertz CT molecular complexity index is 1120. The Morgan fingerprint density at radius 1 is 0.903 bits per heavy atom. The van der Waals surface area contributed by atoms with Crippen LogP contribution in [0, 0.1) is 0 Å². The number of sulfonamides is 1. The third-order valence-electron chi connectivity index (χ3n) is 5.14. The van der Waals surface area contributed by atoms with Crippen LogP contribution in [0.4, 0.5) is 5.69 Å². The molecule has 0 spiro atoms. The van der Waals surface area contributed by atoms with E-state index in [-0.39, 0.29) is 17.3 Å². The van der Waals surface area contributed by atoms with Gasteiger partial charge in [-0.05, 0) is 47.4 Å². The zero-order chi connectivity index (χ0) is 22.4. The van der Waals surface area contributed by atoms with Gasteiger partial charge in [-0.25, -0.2) is 8.42 Å². The second-order valence-corrected chi connectivity index (χ2v) is 9.58. The van der Waals surface area contributed by atoms with Gasteiger partial charge in [-0.2, -0.15) is 4.31 Å². The topological polar surface area (TPSA) is 66.5 Å². The van der Waals surface area contributed by atoms with Gasteiger partial charge in [-0.1, -0.05) is 69.3 Å². The number of benzene rings is 3. The lowest BCUT2D eigenvalue weighted by molar-refractivity contribution is 0.102. The molecule has 6 heteroatoms. The van der Waals surface area contributed by atoms with E-state index >= 15 is 0 Å². The molecule has 0 saturated carbocycles. The molecule has 3 rings (SSSR count). The Kier molecular flexibility index (Phi) is 7.25. The van der Waals surface area contributed by atoms with Crippen LogP contribution in [0.15, 0.2) is 83.8 Å². The molecule has 3 aromatic rings. The lowest BCUT2D eigenvalue weighted by Crippen LogP contribution is -2.30. The Hall–Kier alpha value is -2.96. The maximum Gasteiger partial charge on any atom is 0.255 e. The van der Waals surface area contributed by atoms with Crippen molar-refractivity contribution in [2.24, 2.45) is 0 Å². The summed E-state index contributed by atoms with van der Waals surface area (Å²) in [6, 6.07) is 23.2. The van der Waals surface area contributed by atoms with Gasteiger partial charge in [0.25, 0.3) is 5.91 Å². The SMILES string of the molecule is CCN(Cc1ccc(C(=O)Nc2ccccc2C(C)C)cc1)S(=O)(=O)c1ccccc1. The standard InChI is InChI=1S/C25H28N2O3S/c1-4-27(31(29,30)22-10-6-5-7-11-22)18-20-14-16-21(17-15-20)25(28)26-24-13-9-8-12-23(24)19(2)3/h5-17,19H,4,18H2,1-3H3,(H,26,28). The number of para-hydroxylation sites is 1. The summed E-state index contributed by atoms with van der Waals surface area (Å²) in [6.45, 7) is 6.58. The number of carbonyl (C=O) groups excluding carboxylic acids is 1. The van der Waals surface area contributed by atoms with E-state index in [2.05, 4.69) is 19.2 Å². The highest BCUT2D eigenvalue weighted by Crippen LogP contribution is 2.24. The van der Waals surface area contributed by atoms with E-state index < -0.39 is 10.0 Å². The molecule has 3 aromatic carbocycles. The van der Waals surface area contributed by atoms with E-state index in [4.69, 9.17) is 0 Å². The third-order valence-corrected chi connectivity index (χ3v) is 7.07. The van der Waals surface area contributed by atoms with E-state index in [1.165, 1.54) is 4.31 Å². The lowest BCUT2D eigenvalue weighted by Gasteiger charge is -2.20. The van der Waals surface area contributed by atoms with Gasteiger partial charge in [0.05, 0.1) is 4.90 Å². The molecule has 5 nitrogen and oxygen atoms in total. The molecule has 0 bridgehead atoms. The van der Waals surface area contributed by atoms with Crippen molar-refractivity contribution in [1.82, 2.24) is 4.31 Å². The van der Waals surface area contributed by atoms with Crippen molar-refractivity contribution in [3.8, 4) is 0 Å². The van der Waals surface area contributed by atoms with Crippen LogP contribution < -0.4 is 5.32 Å². The van der Waals surface area contributed by atoms with E-state index in [0.717, 1.165) is 16.8 Å². The molecule has 1 amide bonds. The quantitative estimate of drug-likeness (QED) is 0.523. The van der Waals surface area contributed by atoms with Crippen LogP contribution in [0.25, 0.3) is 0 Å². The fourth-order valence-corrected chi connectivity index (χ4v) is 4.84. The van der Waals surface area contributed by atoms with E-state index in [1.807, 2.05) is 31.2 Å². The Morgan fingerprint density at radius 3 is 2.13 bits per heavy atom. The molecule has 1 N–H and O–H groups in total. The lowest BCUT2D eigenvalue weighted by atomic mass is 10.0. The van der Waals surface area contributed by atoms with Gasteiger partial charge in [0.1, 0.15) is 0 Å². The van der Waals surface area contributed by atoms with Crippen LogP contribution in [0.3, 0.4) is 0 Å². The molecule has 162 valence electrons. The average Bonchev–Trinajstić information content (AvgIpc) is 2.78. The first kappa shape index (κ1) is 22.7. The molecule has 0 aromatic heterocycles. The summed E-state index contributed by atoms with van der Waals surface area (Å²) in [5, 5.41) is 2.98. The maximum absolute atomic E-state index is 12.9. The Balaban J connectivity index is 1.73. The molecule has 0 atom stereocenters. The fraction of sp³-hybridized carbons (Fsp3) is 0.240. The number of carbonyl (C=O) groups is 1. The normalized spacial score (nSPS) is 11.6. The molecule has 0 aliphatic rings. The van der Waals surface area contributed by atoms with Gasteiger partial charge in [0, 0.05) is 24.3 Å². The number of hydrogen-bond donors (Lipinski definition) is 1. The molecule has 0 saturated heterocycles. The summed E-state index contributed by atoms with van der Waals surface area (Å²) < 4.78 is 27.2. The second kappa shape index (κ2) is 9.90. The second-order valence-electron chi connectivity index (χ2n) is 7.64. The molecule has 0 aliphatic carbocycles. The summed E-state index contributed by atoms with van der Waals surface area (Å²) in [4.78, 5) is 13.0. The van der Waals surface area contributed by atoms with Gasteiger partial charge in [0.15, 0.2) is 0 Å². The first-order valence-corrected chi connectivity index (χ1v) is 11.8. The highest BCUT2D eigenvalue weighted by Gasteiger charge is 2.23. The van der Waals surface area contributed by atoms with E-state index in [0.29, 0.717) is 18.0 Å². The molecule has 31 heavy (non-hydrogen) atoms. The monoisotopic (exact) mass is 436 g/mol. The minimum Gasteiger partial charge on any atom is -0.322 e. The number of nitrogens with zero attached hydrogens (tertiary/aromatic N) is 1. The van der Waals surface area contributed by atoms with Gasteiger partial charge in [-0.15, -0.1) is 0 Å². The molecule has 0 heterocycles. The van der Waals surface area contributed by atoms with Crippen LogP contribution in [-0.2, 0) is 16.6 Å². The van der Waals surface area contributed by atoms with Crippen LogP contribution >= 0.6 is 0 Å². The predicted molar refractivity (Wildman–Crippen MR) is 125 cm³/mol. The number of nitrogens with one attached hydrogen (secondary N) is 1. The van der Waals surface area contributed by atoms with Crippen LogP contribution in [-0.4, -0.2) is 25.2 Å². The largest absolute Gasteiger partial charge is 0.322 e. The van der Waals surface area contributed by atoms with Crippen LogP contribution in [0.1, 0.15) is 48.2 Å². The molecule has 0 aliphatic heterocycles. The van der Waals surface area contributed by atoms with Crippen molar-refractivity contribution < 1.29 is 13.2 Å². The first-order chi connectivity index (χ1) is 14.8. The van der Waals surface area contributed by atoms with Crippen molar-refractivity contribution in [2.75, 3.05) is 11.9 Å². The summed E-state index contributed by atoms with van der Waals surface area (Å²) in [6.07, 6.45) is 0. The number of rotatable bonds is 8. The summed E-state index contributed by atoms with van der Waals surface area (Å²) in [7, 11) is -3.58. The minimum atomic E-state index is -3.58. The van der Waals surface area contributed by atoms with Crippen LogP contribution in [0.2, 0.25) is 0 Å². The molecular weight excluding hydrogens is 408 g/mol. The average molecular weight is 437 g/mol. The number of hydrogen-bond acceptors (Lipinski definition) is 3. The van der Waals surface area contributed by atoms with Gasteiger partial charge in [-0.3, -0.25) is 4.79 Å². The summed E-state index contributed by atoms with van der Waals surface area (Å²) >= 11 is 0. The first-order valence-electron chi connectivity index (χ1n) is 10.4. The molecular formula is C25H28N2O3S. The van der Waals surface area contributed by atoms with Crippen molar-refractivity contribution in [3.05, 3.63) is 95.6 Å². The van der Waals surface area contributed by atoms with E-state index in [9.17, 15) is 13.2 Å². The Morgan fingerprint density at radius 2 is 1.52 bits per heavy atom. The zero-order valence-corrected chi connectivity index (χ0v) is 18.9. The van der Waals surface area contributed by atoms with Crippen LogP contribution in [0.5, 0.6) is 0 Å². The minimum absolute atomic E-state index is 0.191. The molecule has 0 fully saturated rings. The summed E-state index contributed by atoms with van der Waals surface area (Å²) in [5.74, 6) is 0.106. The zero-order valence-electron chi connectivity index (χ0n) is 18.1. The molecule has 0 unspecified atom stereocenters. The van der Waals surface area contributed by atoms with Crippen molar-refractivity contribution in [1.29, 1.82) is 0 Å². The van der Waals surface area contributed by atoms with Crippen molar-refractivity contribution in [2.45, 2.75) is 38.1 Å². The van der Waals surface area contributed by atoms with Crippen molar-refractivity contribution in [3.63, 3.8) is 0 Å². The van der Waals surface area contributed by atoms with Gasteiger partial charge < -0.3 is 5.32 Å². The fourth-order valence-electron chi connectivity index (χ4n) is 3.38. The number of amides is 1. The summed E-state index contributed by atoms with van der Waals surface area (Å²) in [5.41, 5.74) is 3.23. The number of anilines is 1. The highest BCUT2D eigenvalue weighted by atomic mass is 32.2. The molecule has 0 radical (unpaired) electrons. The highest BCUT2D eigenvalue weighted by molar-refractivity contribution is 7.89. The third kappa shape index (κ3) is 5.40. The van der Waals surface area contributed by atoms with Gasteiger partial charge in [0.2, 0.25) is 10.0 Å².